The summed E-state index contributed by atoms with van der Waals surface area (Å²) in [6.45, 7) is 13.3. The number of carbonyl (C=O) groups excluding carboxylic acids is 2. The molecule has 0 radical (unpaired) electrons. The third-order valence-corrected chi connectivity index (χ3v) is 7.40. The summed E-state index contributed by atoms with van der Waals surface area (Å²) < 4.78 is 18.9. The van der Waals surface area contributed by atoms with Crippen LogP contribution in [0.1, 0.15) is 65.5 Å². The molecule has 1 saturated heterocycles. The lowest BCUT2D eigenvalue weighted by Gasteiger charge is -2.47. The van der Waals surface area contributed by atoms with Crippen molar-refractivity contribution < 1.29 is 18.7 Å². The molecule has 4 rings (SSSR count). The SMILES string of the molecule is COC(=O)c1c(C)cc(N2CCN(C(=O)c3cnc(Nc4ccc(Cl)c(F)c4)c(CC(C)C)n3)C(C)(C)C2)nc1C. The molecule has 41 heavy (non-hydrogen) atoms. The highest BCUT2D eigenvalue weighted by Gasteiger charge is 2.38. The number of esters is 1. The summed E-state index contributed by atoms with van der Waals surface area (Å²) in [6.07, 6.45) is 2.04. The quantitative estimate of drug-likeness (QED) is 0.351. The van der Waals surface area contributed by atoms with Crippen molar-refractivity contribution in [1.29, 1.82) is 0 Å². The minimum absolute atomic E-state index is 0.0342. The van der Waals surface area contributed by atoms with Crippen molar-refractivity contribution in [3.05, 3.63) is 69.5 Å². The lowest BCUT2D eigenvalue weighted by molar-refractivity contribution is 0.0505. The Labute approximate surface area is 245 Å². The summed E-state index contributed by atoms with van der Waals surface area (Å²) in [5.41, 5.74) is 2.68. The van der Waals surface area contributed by atoms with Gasteiger partial charge in [-0.2, -0.15) is 0 Å². The fourth-order valence-electron chi connectivity index (χ4n) is 5.12. The van der Waals surface area contributed by atoms with Gasteiger partial charge >= 0.3 is 5.97 Å². The average Bonchev–Trinajstić information content (AvgIpc) is 2.90. The molecule has 0 aliphatic carbocycles. The lowest BCUT2D eigenvalue weighted by Crippen LogP contribution is -2.61. The summed E-state index contributed by atoms with van der Waals surface area (Å²) in [7, 11) is 1.36. The van der Waals surface area contributed by atoms with Crippen LogP contribution in [0.3, 0.4) is 0 Å². The number of anilines is 3. The third-order valence-electron chi connectivity index (χ3n) is 7.09. The minimum atomic E-state index is -0.544. The molecule has 1 aliphatic rings. The van der Waals surface area contributed by atoms with E-state index in [1.807, 2.05) is 31.7 Å². The highest BCUT2D eigenvalue weighted by molar-refractivity contribution is 6.30. The molecule has 0 saturated carbocycles. The standard InChI is InChI=1S/C30H36ClFN6O3/c1-17(2)12-23-27(35-20-8-9-21(31)22(32)14-20)33-15-24(36-23)28(39)38-11-10-37(16-30(38,5)6)25-13-18(3)26(19(4)34-25)29(40)41-7/h8-9,13-15,17H,10-12,16H2,1-7H3,(H,33,35). The van der Waals surface area contributed by atoms with Gasteiger partial charge < -0.3 is 19.9 Å². The molecule has 1 N–H and O–H groups in total. The van der Waals surface area contributed by atoms with Crippen molar-refractivity contribution in [2.45, 2.75) is 53.5 Å². The first-order valence-electron chi connectivity index (χ1n) is 13.5. The van der Waals surface area contributed by atoms with Gasteiger partial charge in [0.15, 0.2) is 5.82 Å². The molecular formula is C30H36ClFN6O3. The molecule has 11 heteroatoms. The van der Waals surface area contributed by atoms with E-state index in [1.54, 1.807) is 13.0 Å². The van der Waals surface area contributed by atoms with Crippen molar-refractivity contribution >= 4 is 40.8 Å². The summed E-state index contributed by atoms with van der Waals surface area (Å²) >= 11 is 5.82. The first-order chi connectivity index (χ1) is 19.3. The predicted molar refractivity (Wildman–Crippen MR) is 158 cm³/mol. The van der Waals surface area contributed by atoms with Crippen LogP contribution in [0.15, 0.2) is 30.5 Å². The Morgan fingerprint density at radius 3 is 2.51 bits per heavy atom. The van der Waals surface area contributed by atoms with Crippen LogP contribution in [-0.2, 0) is 11.2 Å². The van der Waals surface area contributed by atoms with Crippen molar-refractivity contribution in [3.63, 3.8) is 0 Å². The number of hydrogen-bond donors (Lipinski definition) is 1. The molecule has 0 bridgehead atoms. The van der Waals surface area contributed by atoms with Gasteiger partial charge in [0, 0.05) is 25.3 Å². The Bertz CT molecular complexity index is 1460. The van der Waals surface area contributed by atoms with E-state index >= 15 is 0 Å². The van der Waals surface area contributed by atoms with Gasteiger partial charge in [-0.05, 0) is 69.9 Å². The van der Waals surface area contributed by atoms with E-state index < -0.39 is 17.3 Å². The van der Waals surface area contributed by atoms with E-state index in [9.17, 15) is 14.0 Å². The van der Waals surface area contributed by atoms with Gasteiger partial charge in [-0.15, -0.1) is 0 Å². The number of benzene rings is 1. The van der Waals surface area contributed by atoms with E-state index in [2.05, 4.69) is 34.0 Å². The van der Waals surface area contributed by atoms with E-state index in [-0.39, 0.29) is 22.5 Å². The molecule has 1 aromatic carbocycles. The van der Waals surface area contributed by atoms with Crippen LogP contribution in [-0.4, -0.2) is 64.0 Å². The average molecular weight is 583 g/mol. The summed E-state index contributed by atoms with van der Waals surface area (Å²) in [5.74, 6) is 0.311. The molecule has 9 nitrogen and oxygen atoms in total. The molecule has 3 aromatic rings. The van der Waals surface area contributed by atoms with Crippen LogP contribution in [0.2, 0.25) is 5.02 Å². The number of nitrogens with zero attached hydrogens (tertiary/aromatic N) is 5. The maximum atomic E-state index is 14.0. The molecule has 218 valence electrons. The van der Waals surface area contributed by atoms with Gasteiger partial charge in [0.25, 0.3) is 5.91 Å². The molecular weight excluding hydrogens is 547 g/mol. The maximum absolute atomic E-state index is 14.0. The number of nitrogens with one attached hydrogen (secondary N) is 1. The Morgan fingerprint density at radius 1 is 1.17 bits per heavy atom. The molecule has 1 aliphatic heterocycles. The molecule has 0 spiro atoms. The zero-order valence-corrected chi connectivity index (χ0v) is 25.3. The minimum Gasteiger partial charge on any atom is -0.465 e. The fourth-order valence-corrected chi connectivity index (χ4v) is 5.24. The summed E-state index contributed by atoms with van der Waals surface area (Å²) in [5, 5.41) is 3.15. The van der Waals surface area contributed by atoms with Crippen LogP contribution < -0.4 is 10.2 Å². The van der Waals surface area contributed by atoms with E-state index in [0.29, 0.717) is 54.5 Å². The number of amides is 1. The van der Waals surface area contributed by atoms with Crippen molar-refractivity contribution in [3.8, 4) is 0 Å². The third kappa shape index (κ3) is 6.59. The van der Waals surface area contributed by atoms with Gasteiger partial charge in [-0.3, -0.25) is 4.79 Å². The van der Waals surface area contributed by atoms with Crippen LogP contribution in [0.5, 0.6) is 0 Å². The predicted octanol–water partition coefficient (Wildman–Crippen LogP) is 5.75. The first kappa shape index (κ1) is 30.2. The van der Waals surface area contributed by atoms with E-state index in [4.69, 9.17) is 21.3 Å². The zero-order chi connectivity index (χ0) is 30.1. The Morgan fingerprint density at radius 2 is 1.90 bits per heavy atom. The number of aryl methyl sites for hydroxylation is 2. The summed E-state index contributed by atoms with van der Waals surface area (Å²) in [6, 6.07) is 6.31. The van der Waals surface area contributed by atoms with Gasteiger partial charge in [-0.25, -0.2) is 24.1 Å². The van der Waals surface area contributed by atoms with Gasteiger partial charge in [0.2, 0.25) is 0 Å². The number of aromatic nitrogens is 3. The number of pyridine rings is 1. The zero-order valence-electron chi connectivity index (χ0n) is 24.5. The number of hydrogen-bond acceptors (Lipinski definition) is 8. The first-order valence-corrected chi connectivity index (χ1v) is 13.9. The number of carbonyl (C=O) groups is 2. The smallest absolute Gasteiger partial charge is 0.339 e. The van der Waals surface area contributed by atoms with Crippen LogP contribution >= 0.6 is 11.6 Å². The Balaban J connectivity index is 1.56. The second-order valence-corrected chi connectivity index (χ2v) is 11.7. The fraction of sp³-hybridized carbons (Fsp3) is 0.433. The Hall–Kier alpha value is -3.79. The van der Waals surface area contributed by atoms with E-state index in [0.717, 1.165) is 11.4 Å². The maximum Gasteiger partial charge on any atom is 0.339 e. The number of ether oxygens (including phenoxy) is 1. The number of rotatable bonds is 7. The van der Waals surface area contributed by atoms with Crippen molar-refractivity contribution in [2.24, 2.45) is 5.92 Å². The molecule has 0 unspecified atom stereocenters. The molecule has 0 atom stereocenters. The molecule has 2 aromatic heterocycles. The number of halogens is 2. The molecule has 1 fully saturated rings. The topological polar surface area (TPSA) is 101 Å². The second kappa shape index (κ2) is 12.0. The van der Waals surface area contributed by atoms with Crippen LogP contribution in [0.25, 0.3) is 0 Å². The molecule has 3 heterocycles. The van der Waals surface area contributed by atoms with Crippen molar-refractivity contribution in [1.82, 2.24) is 19.9 Å². The highest BCUT2D eigenvalue weighted by atomic mass is 35.5. The number of methoxy groups -OCH3 is 1. The normalized spacial score (nSPS) is 14.8. The van der Waals surface area contributed by atoms with Gasteiger partial charge in [-0.1, -0.05) is 25.4 Å². The lowest BCUT2D eigenvalue weighted by atomic mass is 9.97. The summed E-state index contributed by atoms with van der Waals surface area (Å²) in [4.78, 5) is 43.8. The second-order valence-electron chi connectivity index (χ2n) is 11.3. The highest BCUT2D eigenvalue weighted by Crippen LogP contribution is 2.29. The number of piperazine rings is 1. The van der Waals surface area contributed by atoms with Gasteiger partial charge in [0.1, 0.15) is 17.3 Å². The Kier molecular flexibility index (Phi) is 8.82. The molecule has 1 amide bonds. The largest absolute Gasteiger partial charge is 0.465 e. The van der Waals surface area contributed by atoms with Gasteiger partial charge in [0.05, 0.1) is 40.8 Å². The van der Waals surface area contributed by atoms with Crippen molar-refractivity contribution in [2.75, 3.05) is 37.0 Å². The monoisotopic (exact) mass is 582 g/mol. The van der Waals surface area contributed by atoms with Crippen LogP contribution in [0, 0.1) is 25.6 Å². The van der Waals surface area contributed by atoms with E-state index in [1.165, 1.54) is 25.4 Å². The van der Waals surface area contributed by atoms with Crippen LogP contribution in [0.4, 0.5) is 21.7 Å².